The Morgan fingerprint density at radius 2 is 1.89 bits per heavy atom. The Kier molecular flexibility index (Phi) is 6.05. The SMILES string of the molecule is CCC(O)(CC)CN(C)CC(=O)N1CCOCC1. The van der Waals surface area contributed by atoms with E-state index in [0.717, 1.165) is 0 Å². The third-order valence-corrected chi connectivity index (χ3v) is 3.65. The summed E-state index contributed by atoms with van der Waals surface area (Å²) in [5, 5.41) is 10.2. The van der Waals surface area contributed by atoms with Crippen LogP contribution in [0.4, 0.5) is 0 Å². The van der Waals surface area contributed by atoms with Crippen LogP contribution < -0.4 is 0 Å². The number of rotatable bonds is 6. The molecular weight excluding hydrogens is 232 g/mol. The Hall–Kier alpha value is -0.650. The van der Waals surface area contributed by atoms with Gasteiger partial charge in [-0.15, -0.1) is 0 Å². The lowest BCUT2D eigenvalue weighted by Gasteiger charge is -2.32. The molecule has 0 radical (unpaired) electrons. The van der Waals surface area contributed by atoms with Gasteiger partial charge < -0.3 is 14.7 Å². The number of hydrogen-bond donors (Lipinski definition) is 1. The Balaban J connectivity index is 2.38. The maximum absolute atomic E-state index is 12.0. The summed E-state index contributed by atoms with van der Waals surface area (Å²) in [5.74, 6) is 0.121. The maximum Gasteiger partial charge on any atom is 0.236 e. The summed E-state index contributed by atoms with van der Waals surface area (Å²) < 4.78 is 5.22. The van der Waals surface area contributed by atoms with Gasteiger partial charge in [-0.25, -0.2) is 0 Å². The Bertz CT molecular complexity index is 261. The highest BCUT2D eigenvalue weighted by Gasteiger charge is 2.26. The summed E-state index contributed by atoms with van der Waals surface area (Å²) in [6, 6.07) is 0. The topological polar surface area (TPSA) is 53.0 Å². The minimum atomic E-state index is -0.681. The van der Waals surface area contributed by atoms with Crippen molar-refractivity contribution in [2.75, 3.05) is 46.4 Å². The predicted octanol–water partition coefficient (Wildman–Crippen LogP) is 0.328. The second-order valence-electron chi connectivity index (χ2n) is 5.10. The van der Waals surface area contributed by atoms with Crippen LogP contribution in [0.2, 0.25) is 0 Å². The average Bonchev–Trinajstić information content (AvgIpc) is 2.39. The number of hydrogen-bond acceptors (Lipinski definition) is 4. The van der Waals surface area contributed by atoms with Crippen molar-refractivity contribution in [2.24, 2.45) is 0 Å². The van der Waals surface area contributed by atoms with Gasteiger partial charge in [0.1, 0.15) is 0 Å². The molecule has 1 heterocycles. The van der Waals surface area contributed by atoms with E-state index >= 15 is 0 Å². The van der Waals surface area contributed by atoms with Crippen molar-refractivity contribution in [1.29, 1.82) is 0 Å². The molecule has 0 aromatic heterocycles. The second kappa shape index (κ2) is 7.07. The molecule has 0 aliphatic carbocycles. The smallest absolute Gasteiger partial charge is 0.236 e. The average molecular weight is 258 g/mol. The van der Waals surface area contributed by atoms with Crippen LogP contribution in [0.5, 0.6) is 0 Å². The molecule has 0 saturated carbocycles. The van der Waals surface area contributed by atoms with Crippen LogP contribution in [0.25, 0.3) is 0 Å². The quantitative estimate of drug-likeness (QED) is 0.746. The fourth-order valence-electron chi connectivity index (χ4n) is 2.18. The molecule has 5 nitrogen and oxygen atoms in total. The molecule has 1 aliphatic heterocycles. The third kappa shape index (κ3) is 4.55. The first-order valence-corrected chi connectivity index (χ1v) is 6.77. The summed E-state index contributed by atoms with van der Waals surface area (Å²) in [6.07, 6.45) is 1.42. The molecule has 1 N–H and O–H groups in total. The zero-order valence-electron chi connectivity index (χ0n) is 11.8. The number of nitrogens with zero attached hydrogens (tertiary/aromatic N) is 2. The van der Waals surface area contributed by atoms with Gasteiger partial charge in [0.05, 0.1) is 25.4 Å². The summed E-state index contributed by atoms with van der Waals surface area (Å²) in [4.78, 5) is 15.8. The van der Waals surface area contributed by atoms with Gasteiger partial charge >= 0.3 is 0 Å². The molecule has 1 aliphatic rings. The highest BCUT2D eigenvalue weighted by atomic mass is 16.5. The van der Waals surface area contributed by atoms with E-state index in [1.165, 1.54) is 0 Å². The molecule has 0 unspecified atom stereocenters. The van der Waals surface area contributed by atoms with Gasteiger partial charge in [-0.1, -0.05) is 13.8 Å². The van der Waals surface area contributed by atoms with E-state index in [9.17, 15) is 9.90 Å². The van der Waals surface area contributed by atoms with Crippen LogP contribution in [-0.2, 0) is 9.53 Å². The monoisotopic (exact) mass is 258 g/mol. The van der Waals surface area contributed by atoms with Crippen molar-refractivity contribution in [3.63, 3.8) is 0 Å². The van der Waals surface area contributed by atoms with Crippen LogP contribution in [0.1, 0.15) is 26.7 Å². The molecule has 0 aromatic rings. The molecule has 0 bridgehead atoms. The highest BCUT2D eigenvalue weighted by molar-refractivity contribution is 5.78. The molecule has 1 amide bonds. The summed E-state index contributed by atoms with van der Waals surface area (Å²) in [6.45, 7) is 7.46. The molecule has 0 spiro atoms. The van der Waals surface area contributed by atoms with Crippen LogP contribution >= 0.6 is 0 Å². The zero-order chi connectivity index (χ0) is 13.6. The van der Waals surface area contributed by atoms with Gasteiger partial charge in [-0.3, -0.25) is 9.69 Å². The van der Waals surface area contributed by atoms with E-state index in [4.69, 9.17) is 4.74 Å². The van der Waals surface area contributed by atoms with Gasteiger partial charge in [0.25, 0.3) is 0 Å². The third-order valence-electron chi connectivity index (χ3n) is 3.65. The van der Waals surface area contributed by atoms with Crippen molar-refractivity contribution >= 4 is 5.91 Å². The van der Waals surface area contributed by atoms with Gasteiger partial charge in [0.2, 0.25) is 5.91 Å². The number of morpholine rings is 1. The van der Waals surface area contributed by atoms with E-state index in [0.29, 0.717) is 52.2 Å². The molecule has 1 saturated heterocycles. The Morgan fingerprint density at radius 3 is 2.39 bits per heavy atom. The van der Waals surface area contributed by atoms with E-state index in [2.05, 4.69) is 0 Å². The van der Waals surface area contributed by atoms with E-state index in [1.54, 1.807) is 0 Å². The first kappa shape index (κ1) is 15.4. The number of carbonyl (C=O) groups is 1. The molecular formula is C13H26N2O3. The molecule has 18 heavy (non-hydrogen) atoms. The number of likely N-dealkylation sites (N-methyl/N-ethyl adjacent to an activating group) is 1. The van der Waals surface area contributed by atoms with Gasteiger partial charge in [0.15, 0.2) is 0 Å². The largest absolute Gasteiger partial charge is 0.389 e. The van der Waals surface area contributed by atoms with Crippen LogP contribution in [0.3, 0.4) is 0 Å². The van der Waals surface area contributed by atoms with E-state index < -0.39 is 5.60 Å². The van der Waals surface area contributed by atoms with Gasteiger partial charge in [-0.2, -0.15) is 0 Å². The Morgan fingerprint density at radius 1 is 1.33 bits per heavy atom. The lowest BCUT2D eigenvalue weighted by molar-refractivity contribution is -0.136. The highest BCUT2D eigenvalue weighted by Crippen LogP contribution is 2.15. The molecule has 0 atom stereocenters. The molecule has 1 fully saturated rings. The number of carbonyl (C=O) groups excluding carboxylic acids is 1. The zero-order valence-corrected chi connectivity index (χ0v) is 11.8. The van der Waals surface area contributed by atoms with E-state index in [-0.39, 0.29) is 5.91 Å². The van der Waals surface area contributed by atoms with E-state index in [1.807, 2.05) is 30.7 Å². The number of ether oxygens (including phenoxy) is 1. The minimum Gasteiger partial charge on any atom is -0.389 e. The van der Waals surface area contributed by atoms with Crippen LogP contribution in [-0.4, -0.2) is 72.9 Å². The number of amides is 1. The standard InChI is InChI=1S/C13H26N2O3/c1-4-13(17,5-2)11-14(3)10-12(16)15-6-8-18-9-7-15/h17H,4-11H2,1-3H3. The summed E-state index contributed by atoms with van der Waals surface area (Å²) in [7, 11) is 1.88. The molecule has 5 heteroatoms. The molecule has 106 valence electrons. The maximum atomic E-state index is 12.0. The van der Waals surface area contributed by atoms with Crippen molar-refractivity contribution in [3.05, 3.63) is 0 Å². The fraction of sp³-hybridized carbons (Fsp3) is 0.923. The summed E-state index contributed by atoms with van der Waals surface area (Å²) >= 11 is 0. The lowest BCUT2D eigenvalue weighted by Crippen LogP contribution is -2.48. The Labute approximate surface area is 110 Å². The lowest BCUT2D eigenvalue weighted by atomic mass is 9.97. The first-order chi connectivity index (χ1) is 8.50. The van der Waals surface area contributed by atoms with Crippen molar-refractivity contribution in [3.8, 4) is 0 Å². The predicted molar refractivity (Wildman–Crippen MR) is 70.4 cm³/mol. The molecule has 1 rings (SSSR count). The van der Waals surface area contributed by atoms with Crippen molar-refractivity contribution < 1.29 is 14.6 Å². The van der Waals surface area contributed by atoms with Gasteiger partial charge in [0, 0.05) is 19.6 Å². The first-order valence-electron chi connectivity index (χ1n) is 6.77. The van der Waals surface area contributed by atoms with Crippen molar-refractivity contribution in [1.82, 2.24) is 9.80 Å². The molecule has 0 aromatic carbocycles. The van der Waals surface area contributed by atoms with Crippen LogP contribution in [0, 0.1) is 0 Å². The summed E-state index contributed by atoms with van der Waals surface area (Å²) in [5.41, 5.74) is -0.681. The second-order valence-corrected chi connectivity index (χ2v) is 5.10. The van der Waals surface area contributed by atoms with Crippen LogP contribution in [0.15, 0.2) is 0 Å². The van der Waals surface area contributed by atoms with Gasteiger partial charge in [-0.05, 0) is 19.9 Å². The minimum absolute atomic E-state index is 0.121. The van der Waals surface area contributed by atoms with Crippen molar-refractivity contribution in [2.45, 2.75) is 32.3 Å². The fourth-order valence-corrected chi connectivity index (χ4v) is 2.18. The normalized spacial score (nSPS) is 17.3. The number of aliphatic hydroxyl groups is 1.